The van der Waals surface area contributed by atoms with Gasteiger partial charge in [0.25, 0.3) is 0 Å². The van der Waals surface area contributed by atoms with Crippen LogP contribution >= 0.6 is 0 Å². The van der Waals surface area contributed by atoms with Gasteiger partial charge in [-0.2, -0.15) is 0 Å². The molecule has 0 bridgehead atoms. The fraction of sp³-hybridized carbons (Fsp3) is 0.0556. The van der Waals surface area contributed by atoms with Crippen molar-refractivity contribution >= 4 is 22.1 Å². The summed E-state index contributed by atoms with van der Waals surface area (Å²) in [6, 6.07) is 16.6. The molecule has 0 spiro atoms. The molecule has 0 radical (unpaired) electrons. The molecular weight excluding hydrogens is 246 g/mol. The maximum absolute atomic E-state index is 7.46. The Morgan fingerprint density at radius 2 is 1.85 bits per heavy atom. The molecule has 0 aliphatic carbocycles. The molecule has 0 unspecified atom stereocenters. The number of hydrogen-bond acceptors (Lipinski definition) is 2. The summed E-state index contributed by atoms with van der Waals surface area (Å²) >= 11 is 0. The number of para-hydroxylation sites is 1. The topological polar surface area (TPSA) is 26.0 Å². The van der Waals surface area contributed by atoms with Crippen molar-refractivity contribution < 1.29 is 8.53 Å². The molecule has 2 heteroatoms. The number of furan rings is 1. The molecule has 20 heavy (non-hydrogen) atoms. The van der Waals surface area contributed by atoms with E-state index in [1.165, 1.54) is 0 Å². The Morgan fingerprint density at radius 3 is 2.70 bits per heavy atom. The zero-order valence-electron chi connectivity index (χ0n) is 13.6. The maximum Gasteiger partial charge on any atom is 0.161 e. The predicted octanol–water partition coefficient (Wildman–Crippen LogP) is 4.96. The largest absolute Gasteiger partial charge is 0.454 e. The highest BCUT2D eigenvalue weighted by Crippen LogP contribution is 2.34. The molecule has 0 atom stereocenters. The molecule has 96 valence electrons. The van der Waals surface area contributed by atoms with Gasteiger partial charge in [0, 0.05) is 21.3 Å². The van der Waals surface area contributed by atoms with Crippen LogP contribution in [0.25, 0.3) is 33.2 Å². The molecule has 0 amide bonds. The first-order valence-electron chi connectivity index (χ1n) is 7.91. The van der Waals surface area contributed by atoms with E-state index in [4.69, 9.17) is 8.53 Å². The van der Waals surface area contributed by atoms with Gasteiger partial charge < -0.3 is 4.42 Å². The third-order valence-corrected chi connectivity index (χ3v) is 3.45. The van der Waals surface area contributed by atoms with Crippen molar-refractivity contribution in [1.82, 2.24) is 4.98 Å². The summed E-state index contributed by atoms with van der Waals surface area (Å²) in [7, 11) is 0. The van der Waals surface area contributed by atoms with Crippen LogP contribution in [-0.2, 0) is 0 Å². The van der Waals surface area contributed by atoms with Crippen LogP contribution in [0.15, 0.2) is 65.2 Å². The number of fused-ring (bicyclic) bond motifs is 3. The lowest BCUT2D eigenvalue weighted by atomic mass is 10.0. The van der Waals surface area contributed by atoms with Crippen molar-refractivity contribution in [2.24, 2.45) is 0 Å². The van der Waals surface area contributed by atoms with E-state index >= 15 is 0 Å². The first-order valence-corrected chi connectivity index (χ1v) is 6.41. The van der Waals surface area contributed by atoms with Crippen LogP contribution in [0, 0.1) is 6.85 Å². The fourth-order valence-corrected chi connectivity index (χ4v) is 2.48. The molecule has 0 saturated heterocycles. The van der Waals surface area contributed by atoms with E-state index in [2.05, 4.69) is 4.98 Å². The van der Waals surface area contributed by atoms with E-state index in [1.807, 2.05) is 42.5 Å². The molecule has 0 aliphatic rings. The summed E-state index contributed by atoms with van der Waals surface area (Å²) < 4.78 is 28.3. The molecule has 0 aliphatic heterocycles. The SMILES string of the molecule is [2H]C([2H])([2H])c1ccc(-c2ccnc3c2oc2ccccc23)cc1. The molecule has 0 fully saturated rings. The van der Waals surface area contributed by atoms with Gasteiger partial charge in [-0.25, -0.2) is 0 Å². The van der Waals surface area contributed by atoms with Gasteiger partial charge in [-0.15, -0.1) is 0 Å². The van der Waals surface area contributed by atoms with Crippen LogP contribution in [-0.4, -0.2) is 4.98 Å². The van der Waals surface area contributed by atoms with Gasteiger partial charge in [0.15, 0.2) is 5.58 Å². The van der Waals surface area contributed by atoms with E-state index < -0.39 is 6.85 Å². The Kier molecular flexibility index (Phi) is 1.79. The van der Waals surface area contributed by atoms with Gasteiger partial charge in [0.2, 0.25) is 0 Å². The van der Waals surface area contributed by atoms with Crippen molar-refractivity contribution in [1.29, 1.82) is 0 Å². The van der Waals surface area contributed by atoms with Gasteiger partial charge in [-0.3, -0.25) is 4.98 Å². The lowest BCUT2D eigenvalue weighted by molar-refractivity contribution is 0.669. The number of benzene rings is 2. The normalized spacial score (nSPS) is 14.1. The Bertz CT molecular complexity index is 1000. The first kappa shape index (κ1) is 8.54. The second kappa shape index (κ2) is 4.20. The number of rotatable bonds is 1. The van der Waals surface area contributed by atoms with E-state index in [9.17, 15) is 0 Å². The van der Waals surface area contributed by atoms with Gasteiger partial charge in [0.05, 0.1) is 0 Å². The molecular formula is C18H13NO. The van der Waals surface area contributed by atoms with Gasteiger partial charge >= 0.3 is 0 Å². The van der Waals surface area contributed by atoms with Crippen LogP contribution in [0.1, 0.15) is 9.68 Å². The highest BCUT2D eigenvalue weighted by molar-refractivity contribution is 6.07. The average molecular weight is 262 g/mol. The third-order valence-electron chi connectivity index (χ3n) is 3.45. The summed E-state index contributed by atoms with van der Waals surface area (Å²) in [4.78, 5) is 4.43. The third kappa shape index (κ3) is 1.62. The molecule has 2 aromatic carbocycles. The first-order chi connectivity index (χ1) is 11.0. The highest BCUT2D eigenvalue weighted by Gasteiger charge is 2.12. The fourth-order valence-electron chi connectivity index (χ4n) is 2.48. The molecule has 0 saturated carbocycles. The summed E-state index contributed by atoms with van der Waals surface area (Å²) in [6.45, 7) is -2.09. The molecule has 2 heterocycles. The van der Waals surface area contributed by atoms with E-state index in [-0.39, 0.29) is 0 Å². The molecule has 0 N–H and O–H groups in total. The Morgan fingerprint density at radius 1 is 1.00 bits per heavy atom. The predicted molar refractivity (Wildman–Crippen MR) is 81.7 cm³/mol. The average Bonchev–Trinajstić information content (AvgIpc) is 2.93. The summed E-state index contributed by atoms with van der Waals surface area (Å²) in [5, 5.41) is 0.975. The van der Waals surface area contributed by atoms with E-state index in [1.54, 1.807) is 18.3 Å². The van der Waals surface area contributed by atoms with E-state index in [0.29, 0.717) is 5.56 Å². The number of aromatic nitrogens is 1. The molecule has 4 aromatic rings. The Hall–Kier alpha value is -2.61. The van der Waals surface area contributed by atoms with Crippen LogP contribution < -0.4 is 0 Å². The monoisotopic (exact) mass is 262 g/mol. The molecule has 4 rings (SSSR count). The second-order valence-electron chi connectivity index (χ2n) is 4.71. The Balaban J connectivity index is 1.92. The Labute approximate surface area is 120 Å². The zero-order valence-corrected chi connectivity index (χ0v) is 10.6. The van der Waals surface area contributed by atoms with Gasteiger partial charge in [-0.05, 0) is 30.6 Å². The minimum absolute atomic E-state index is 0.330. The number of hydrogen-bond donors (Lipinski definition) is 0. The molecule has 2 aromatic heterocycles. The van der Waals surface area contributed by atoms with Gasteiger partial charge in [0.1, 0.15) is 11.1 Å². The van der Waals surface area contributed by atoms with Crippen molar-refractivity contribution in [3.05, 3.63) is 66.4 Å². The second-order valence-corrected chi connectivity index (χ2v) is 4.71. The number of pyridine rings is 1. The summed E-state index contributed by atoms with van der Waals surface area (Å²) in [5.74, 6) is 0. The summed E-state index contributed by atoms with van der Waals surface area (Å²) in [5.41, 5.74) is 4.47. The lowest BCUT2D eigenvalue weighted by Crippen LogP contribution is -1.81. The summed E-state index contributed by atoms with van der Waals surface area (Å²) in [6.07, 6.45) is 1.75. The van der Waals surface area contributed by atoms with Crippen LogP contribution in [0.3, 0.4) is 0 Å². The number of nitrogens with zero attached hydrogens (tertiary/aromatic N) is 1. The van der Waals surface area contributed by atoms with Crippen LogP contribution in [0.5, 0.6) is 0 Å². The zero-order chi connectivity index (χ0) is 16.0. The quantitative estimate of drug-likeness (QED) is 0.484. The minimum Gasteiger partial charge on any atom is -0.454 e. The van der Waals surface area contributed by atoms with Gasteiger partial charge in [-0.1, -0.05) is 42.0 Å². The van der Waals surface area contributed by atoms with Crippen molar-refractivity contribution in [3.63, 3.8) is 0 Å². The van der Waals surface area contributed by atoms with Crippen molar-refractivity contribution in [2.45, 2.75) is 6.85 Å². The maximum atomic E-state index is 7.46. The van der Waals surface area contributed by atoms with Crippen LogP contribution in [0.4, 0.5) is 0 Å². The standard InChI is InChI=1S/C18H13NO/c1-12-6-8-13(9-7-12)14-10-11-19-17-15-4-2-3-5-16(15)20-18(14)17/h2-11H,1H3/i1D3. The smallest absolute Gasteiger partial charge is 0.161 e. The highest BCUT2D eigenvalue weighted by atomic mass is 16.3. The molecule has 2 nitrogen and oxygen atoms in total. The van der Waals surface area contributed by atoms with Crippen molar-refractivity contribution in [2.75, 3.05) is 0 Å². The van der Waals surface area contributed by atoms with Crippen molar-refractivity contribution in [3.8, 4) is 11.1 Å². The van der Waals surface area contributed by atoms with Crippen LogP contribution in [0.2, 0.25) is 0 Å². The minimum atomic E-state index is -2.09. The lowest BCUT2D eigenvalue weighted by Gasteiger charge is -2.02. The number of aryl methyl sites for hydroxylation is 1. The van der Waals surface area contributed by atoms with E-state index in [0.717, 1.165) is 33.2 Å².